The highest BCUT2D eigenvalue weighted by Gasteiger charge is 2.20. The Balaban J connectivity index is 1.35. The van der Waals surface area contributed by atoms with Gasteiger partial charge < -0.3 is 4.42 Å². The minimum atomic E-state index is 0.813. The normalized spacial score (nSPS) is 11.8. The van der Waals surface area contributed by atoms with Crippen LogP contribution in [0.3, 0.4) is 0 Å². The van der Waals surface area contributed by atoms with Gasteiger partial charge in [0.2, 0.25) is 0 Å². The summed E-state index contributed by atoms with van der Waals surface area (Å²) in [6.07, 6.45) is 1.81. The molecule has 0 radical (unpaired) electrons. The Labute approximate surface area is 241 Å². The van der Waals surface area contributed by atoms with Crippen molar-refractivity contribution in [3.8, 4) is 28.3 Å². The lowest BCUT2D eigenvalue weighted by atomic mass is 9.94. The van der Waals surface area contributed by atoms with Crippen LogP contribution in [-0.4, -0.2) is 14.5 Å². The molecule has 0 aliphatic heterocycles. The van der Waals surface area contributed by atoms with Crippen LogP contribution < -0.4 is 0 Å². The molecule has 3 heterocycles. The zero-order valence-electron chi connectivity index (χ0n) is 22.5. The lowest BCUT2D eigenvalue weighted by molar-refractivity contribution is 0.670. The van der Waals surface area contributed by atoms with Gasteiger partial charge in [0, 0.05) is 28.2 Å². The van der Waals surface area contributed by atoms with Crippen LogP contribution in [0.2, 0.25) is 0 Å². The van der Waals surface area contributed by atoms with Gasteiger partial charge in [-0.1, -0.05) is 84.9 Å². The summed E-state index contributed by atoms with van der Waals surface area (Å²) < 4.78 is 8.92. The molecular weight excluding hydrogens is 514 g/mol. The van der Waals surface area contributed by atoms with Gasteiger partial charge in [-0.15, -0.1) is 0 Å². The molecule has 0 fully saturated rings. The number of imidazole rings is 1. The maximum Gasteiger partial charge on any atom is 0.164 e. The maximum absolute atomic E-state index is 6.72. The second-order valence-electron chi connectivity index (χ2n) is 10.6. The highest BCUT2D eigenvalue weighted by Crippen LogP contribution is 2.43. The van der Waals surface area contributed by atoms with Crippen LogP contribution in [0.25, 0.3) is 82.8 Å². The third-order valence-corrected chi connectivity index (χ3v) is 8.22. The molecule has 42 heavy (non-hydrogen) atoms. The molecule has 9 aromatic rings. The van der Waals surface area contributed by atoms with Crippen LogP contribution in [0, 0.1) is 0 Å². The monoisotopic (exact) mass is 537 g/mol. The second kappa shape index (κ2) is 8.88. The van der Waals surface area contributed by atoms with E-state index in [-0.39, 0.29) is 0 Å². The molecule has 0 saturated heterocycles. The van der Waals surface area contributed by atoms with Crippen molar-refractivity contribution in [1.82, 2.24) is 14.5 Å². The minimum absolute atomic E-state index is 0.813. The maximum atomic E-state index is 6.72. The summed E-state index contributed by atoms with van der Waals surface area (Å²) in [5.41, 5.74) is 7.76. The number of para-hydroxylation sites is 2. The Morgan fingerprint density at radius 1 is 0.595 bits per heavy atom. The van der Waals surface area contributed by atoms with E-state index in [1.807, 2.05) is 36.5 Å². The molecule has 4 nitrogen and oxygen atoms in total. The molecule has 9 rings (SSSR count). The second-order valence-corrected chi connectivity index (χ2v) is 10.6. The third kappa shape index (κ3) is 3.36. The van der Waals surface area contributed by atoms with Crippen molar-refractivity contribution >= 4 is 54.5 Å². The summed E-state index contributed by atoms with van der Waals surface area (Å²) in [7, 11) is 0. The van der Waals surface area contributed by atoms with Gasteiger partial charge in [0.15, 0.2) is 5.82 Å². The highest BCUT2D eigenvalue weighted by molar-refractivity contribution is 6.28. The molecule has 0 N–H and O–H groups in total. The van der Waals surface area contributed by atoms with Gasteiger partial charge in [-0.3, -0.25) is 9.55 Å². The number of benzene rings is 6. The van der Waals surface area contributed by atoms with Crippen molar-refractivity contribution in [3.63, 3.8) is 0 Å². The average molecular weight is 538 g/mol. The van der Waals surface area contributed by atoms with Crippen molar-refractivity contribution in [1.29, 1.82) is 0 Å². The van der Waals surface area contributed by atoms with Crippen LogP contribution >= 0.6 is 0 Å². The van der Waals surface area contributed by atoms with Crippen LogP contribution in [-0.2, 0) is 0 Å². The Kier molecular flexibility index (Phi) is 4.87. The minimum Gasteiger partial charge on any atom is -0.455 e. The van der Waals surface area contributed by atoms with E-state index < -0.39 is 0 Å². The SMILES string of the molecule is c1ccc(-c2nc3ccccc3n2-c2cccc(-c3cc4ccccc4c4c3oc3ccc5ccccc5c34)c2)nc1. The van der Waals surface area contributed by atoms with Crippen LogP contribution in [0.5, 0.6) is 0 Å². The smallest absolute Gasteiger partial charge is 0.164 e. The van der Waals surface area contributed by atoms with Gasteiger partial charge in [-0.05, 0) is 75.6 Å². The summed E-state index contributed by atoms with van der Waals surface area (Å²) >= 11 is 0. The Morgan fingerprint density at radius 3 is 2.26 bits per heavy atom. The van der Waals surface area contributed by atoms with Gasteiger partial charge in [0.05, 0.1) is 11.0 Å². The number of fused-ring (bicyclic) bond motifs is 8. The zero-order valence-corrected chi connectivity index (χ0v) is 22.5. The van der Waals surface area contributed by atoms with E-state index in [2.05, 4.69) is 113 Å². The van der Waals surface area contributed by atoms with Crippen LogP contribution in [0.1, 0.15) is 0 Å². The number of hydrogen-bond acceptors (Lipinski definition) is 3. The topological polar surface area (TPSA) is 43.9 Å². The standard InChI is InChI=1S/C38H23N3O/c1-3-14-28-24(10-1)19-20-34-35(28)36-29-15-4-2-11-26(29)23-30(37(36)42-34)25-12-9-13-27(22-25)41-33-18-6-5-16-31(33)40-38(41)32-17-7-8-21-39-32/h1-23H. The summed E-state index contributed by atoms with van der Waals surface area (Å²) in [6, 6.07) is 46.5. The Hall–Kier alpha value is -5.74. The number of rotatable bonds is 3. The van der Waals surface area contributed by atoms with Gasteiger partial charge in [-0.25, -0.2) is 4.98 Å². The van der Waals surface area contributed by atoms with E-state index in [1.54, 1.807) is 0 Å². The van der Waals surface area contributed by atoms with Gasteiger partial charge in [0.1, 0.15) is 16.9 Å². The van der Waals surface area contributed by atoms with Gasteiger partial charge in [0.25, 0.3) is 0 Å². The first-order valence-corrected chi connectivity index (χ1v) is 14.1. The van der Waals surface area contributed by atoms with Crippen molar-refractivity contribution in [3.05, 3.63) is 140 Å². The molecule has 0 spiro atoms. The summed E-state index contributed by atoms with van der Waals surface area (Å²) in [4.78, 5) is 9.63. The molecule has 0 saturated carbocycles. The van der Waals surface area contributed by atoms with E-state index in [4.69, 9.17) is 9.40 Å². The fraction of sp³-hybridized carbons (Fsp3) is 0. The molecule has 0 aliphatic rings. The Bertz CT molecular complexity index is 2470. The van der Waals surface area contributed by atoms with Crippen molar-refractivity contribution in [2.45, 2.75) is 0 Å². The molecule has 0 unspecified atom stereocenters. The number of pyridine rings is 1. The van der Waals surface area contributed by atoms with Crippen LogP contribution in [0.15, 0.2) is 144 Å². The van der Waals surface area contributed by atoms with Crippen molar-refractivity contribution < 1.29 is 4.42 Å². The molecule has 0 amide bonds. The number of aromatic nitrogens is 3. The quantitative estimate of drug-likeness (QED) is 0.225. The molecule has 196 valence electrons. The predicted octanol–water partition coefficient (Wildman–Crippen LogP) is 9.96. The van der Waals surface area contributed by atoms with Crippen molar-refractivity contribution in [2.75, 3.05) is 0 Å². The predicted molar refractivity (Wildman–Crippen MR) is 172 cm³/mol. The molecule has 3 aromatic heterocycles. The number of furan rings is 1. The van der Waals surface area contributed by atoms with E-state index in [0.717, 1.165) is 61.3 Å². The first kappa shape index (κ1) is 23.0. The lowest BCUT2D eigenvalue weighted by Crippen LogP contribution is -1.99. The number of hydrogen-bond donors (Lipinski definition) is 0. The zero-order chi connectivity index (χ0) is 27.6. The van der Waals surface area contributed by atoms with E-state index in [0.29, 0.717) is 0 Å². The molecule has 4 heteroatoms. The first-order valence-electron chi connectivity index (χ1n) is 14.1. The van der Waals surface area contributed by atoms with E-state index in [1.165, 1.54) is 21.5 Å². The van der Waals surface area contributed by atoms with E-state index in [9.17, 15) is 0 Å². The lowest BCUT2D eigenvalue weighted by Gasteiger charge is -2.12. The summed E-state index contributed by atoms with van der Waals surface area (Å²) in [6.45, 7) is 0. The molecule has 0 aliphatic carbocycles. The van der Waals surface area contributed by atoms with E-state index >= 15 is 0 Å². The number of nitrogens with zero attached hydrogens (tertiary/aromatic N) is 3. The highest BCUT2D eigenvalue weighted by atomic mass is 16.3. The Morgan fingerprint density at radius 2 is 1.38 bits per heavy atom. The first-order chi connectivity index (χ1) is 20.8. The molecular formula is C38H23N3O. The van der Waals surface area contributed by atoms with Crippen molar-refractivity contribution in [2.24, 2.45) is 0 Å². The van der Waals surface area contributed by atoms with Gasteiger partial charge >= 0.3 is 0 Å². The average Bonchev–Trinajstić information content (AvgIpc) is 3.65. The third-order valence-electron chi connectivity index (χ3n) is 8.22. The molecule has 0 bridgehead atoms. The van der Waals surface area contributed by atoms with Crippen LogP contribution in [0.4, 0.5) is 0 Å². The summed E-state index contributed by atoms with van der Waals surface area (Å²) in [5, 5.41) is 7.11. The summed E-state index contributed by atoms with van der Waals surface area (Å²) in [5.74, 6) is 0.813. The molecule has 6 aromatic carbocycles. The molecule has 0 atom stereocenters. The largest absolute Gasteiger partial charge is 0.455 e. The fourth-order valence-corrected chi connectivity index (χ4v) is 6.37. The van der Waals surface area contributed by atoms with Gasteiger partial charge in [-0.2, -0.15) is 0 Å². The fourth-order valence-electron chi connectivity index (χ4n) is 6.37.